The molecule has 1 fully saturated rings. The third kappa shape index (κ3) is 5.04. The first-order valence-electron chi connectivity index (χ1n) is 7.92. The Bertz CT molecular complexity index is 438. The molecule has 0 bridgehead atoms. The number of carbonyl (C=O) groups is 1. The summed E-state index contributed by atoms with van der Waals surface area (Å²) in [4.78, 5) is 12.1. The fraction of sp³-hybridized carbons (Fsp3) is 0.588. The minimum atomic E-state index is -0.0543. The molecular weight excluding hydrogens is 280 g/mol. The van der Waals surface area contributed by atoms with Gasteiger partial charge in [-0.05, 0) is 30.6 Å². The number of nitrogens with one attached hydrogen (secondary N) is 1. The van der Waals surface area contributed by atoms with Crippen molar-refractivity contribution in [3.05, 3.63) is 35.9 Å². The van der Waals surface area contributed by atoms with Gasteiger partial charge in [-0.15, -0.1) is 0 Å². The summed E-state index contributed by atoms with van der Waals surface area (Å²) in [5, 5.41) is 3.80. The van der Waals surface area contributed by atoms with Gasteiger partial charge in [0.1, 0.15) is 0 Å². The van der Waals surface area contributed by atoms with Crippen molar-refractivity contribution in [2.45, 2.75) is 56.4 Å². The van der Waals surface area contributed by atoms with Crippen molar-refractivity contribution in [1.82, 2.24) is 5.32 Å². The van der Waals surface area contributed by atoms with Crippen molar-refractivity contribution in [2.24, 2.45) is 5.73 Å². The molecular formula is C17H26N2OS. The molecule has 3 unspecified atom stereocenters. The van der Waals surface area contributed by atoms with Gasteiger partial charge in [-0.2, -0.15) is 11.8 Å². The molecule has 0 heterocycles. The van der Waals surface area contributed by atoms with Gasteiger partial charge in [-0.1, -0.05) is 43.7 Å². The second-order valence-electron chi connectivity index (χ2n) is 5.65. The number of amides is 1. The van der Waals surface area contributed by atoms with E-state index in [4.69, 9.17) is 5.73 Å². The summed E-state index contributed by atoms with van der Waals surface area (Å²) in [7, 11) is 0. The lowest BCUT2D eigenvalue weighted by molar-refractivity contribution is -0.121. The highest BCUT2D eigenvalue weighted by molar-refractivity contribution is 7.99. The Morgan fingerprint density at radius 1 is 1.38 bits per heavy atom. The van der Waals surface area contributed by atoms with Gasteiger partial charge in [0.15, 0.2) is 0 Å². The molecule has 3 N–H and O–H groups in total. The quantitative estimate of drug-likeness (QED) is 0.813. The van der Waals surface area contributed by atoms with E-state index in [2.05, 4.69) is 12.2 Å². The monoisotopic (exact) mass is 306 g/mol. The Morgan fingerprint density at radius 2 is 2.14 bits per heavy atom. The number of nitrogens with two attached hydrogens (primary N) is 1. The molecule has 0 aromatic heterocycles. The molecule has 1 amide bonds. The third-order valence-electron chi connectivity index (χ3n) is 4.09. The maximum absolute atomic E-state index is 12.1. The van der Waals surface area contributed by atoms with Crippen LogP contribution in [0.4, 0.5) is 0 Å². The first-order valence-corrected chi connectivity index (χ1v) is 8.97. The standard InChI is InChI=1S/C17H26N2OS/c1-2-21-16-10-6-9-15(16)19-17(20)12-11-14(18)13-7-4-3-5-8-13/h3-5,7-8,14-16H,2,6,9-12,18H2,1H3,(H,19,20). The first-order chi connectivity index (χ1) is 10.2. The molecule has 3 atom stereocenters. The normalized spacial score (nSPS) is 23.0. The van der Waals surface area contributed by atoms with Crippen LogP contribution >= 0.6 is 11.8 Å². The molecule has 1 aromatic carbocycles. The van der Waals surface area contributed by atoms with Crippen molar-refractivity contribution in [3.8, 4) is 0 Å². The van der Waals surface area contributed by atoms with Crippen LogP contribution in [0.5, 0.6) is 0 Å². The zero-order valence-corrected chi connectivity index (χ0v) is 13.6. The van der Waals surface area contributed by atoms with Crippen LogP contribution in [0.2, 0.25) is 0 Å². The molecule has 2 rings (SSSR count). The van der Waals surface area contributed by atoms with Crippen LogP contribution in [0.15, 0.2) is 30.3 Å². The number of carbonyl (C=O) groups excluding carboxylic acids is 1. The lowest BCUT2D eigenvalue weighted by Gasteiger charge is -2.20. The van der Waals surface area contributed by atoms with E-state index in [1.54, 1.807) is 0 Å². The lowest BCUT2D eigenvalue weighted by atomic mass is 10.0. The van der Waals surface area contributed by atoms with E-state index >= 15 is 0 Å². The van der Waals surface area contributed by atoms with E-state index in [-0.39, 0.29) is 11.9 Å². The van der Waals surface area contributed by atoms with Crippen LogP contribution in [0.25, 0.3) is 0 Å². The maximum Gasteiger partial charge on any atom is 0.220 e. The Balaban J connectivity index is 1.74. The Hall–Kier alpha value is -1.00. The van der Waals surface area contributed by atoms with Crippen molar-refractivity contribution in [2.75, 3.05) is 5.75 Å². The van der Waals surface area contributed by atoms with Gasteiger partial charge in [0.05, 0.1) is 0 Å². The van der Waals surface area contributed by atoms with Gasteiger partial charge in [-0.3, -0.25) is 4.79 Å². The fourth-order valence-electron chi connectivity index (χ4n) is 2.94. The molecule has 1 aliphatic rings. The molecule has 0 spiro atoms. The van der Waals surface area contributed by atoms with E-state index in [1.807, 2.05) is 42.1 Å². The second kappa shape index (κ2) is 8.44. The van der Waals surface area contributed by atoms with Gasteiger partial charge in [0.25, 0.3) is 0 Å². The topological polar surface area (TPSA) is 55.1 Å². The predicted molar refractivity (Wildman–Crippen MR) is 90.3 cm³/mol. The Labute approximate surface area is 132 Å². The maximum atomic E-state index is 12.1. The summed E-state index contributed by atoms with van der Waals surface area (Å²) in [5.41, 5.74) is 7.24. The van der Waals surface area contributed by atoms with Gasteiger partial charge < -0.3 is 11.1 Å². The number of thioether (sulfide) groups is 1. The average Bonchev–Trinajstić information content (AvgIpc) is 2.93. The van der Waals surface area contributed by atoms with Crippen LogP contribution in [-0.4, -0.2) is 23.0 Å². The molecule has 3 nitrogen and oxygen atoms in total. The zero-order valence-electron chi connectivity index (χ0n) is 12.8. The molecule has 1 saturated carbocycles. The highest BCUT2D eigenvalue weighted by Gasteiger charge is 2.28. The summed E-state index contributed by atoms with van der Waals surface area (Å²) in [5.74, 6) is 1.27. The molecule has 0 saturated heterocycles. The number of hydrogen-bond acceptors (Lipinski definition) is 3. The van der Waals surface area contributed by atoms with Gasteiger partial charge >= 0.3 is 0 Å². The zero-order chi connectivity index (χ0) is 15.1. The molecule has 116 valence electrons. The summed E-state index contributed by atoms with van der Waals surface area (Å²) >= 11 is 1.97. The lowest BCUT2D eigenvalue weighted by Crippen LogP contribution is -2.39. The third-order valence-corrected chi connectivity index (χ3v) is 5.42. The van der Waals surface area contributed by atoms with Crippen LogP contribution in [0.1, 0.15) is 50.6 Å². The highest BCUT2D eigenvalue weighted by Crippen LogP contribution is 2.30. The van der Waals surface area contributed by atoms with Crippen molar-refractivity contribution < 1.29 is 4.79 Å². The molecule has 1 aromatic rings. The number of hydrogen-bond donors (Lipinski definition) is 2. The molecule has 0 aliphatic heterocycles. The smallest absolute Gasteiger partial charge is 0.220 e. The Morgan fingerprint density at radius 3 is 2.86 bits per heavy atom. The van der Waals surface area contributed by atoms with Crippen molar-refractivity contribution in [1.29, 1.82) is 0 Å². The van der Waals surface area contributed by atoms with E-state index in [0.29, 0.717) is 24.1 Å². The van der Waals surface area contributed by atoms with Gasteiger partial charge in [-0.25, -0.2) is 0 Å². The minimum Gasteiger partial charge on any atom is -0.352 e. The number of rotatable bonds is 7. The first kappa shape index (κ1) is 16.4. The minimum absolute atomic E-state index is 0.0543. The molecule has 0 radical (unpaired) electrons. The number of benzene rings is 1. The fourth-order valence-corrected chi connectivity index (χ4v) is 4.14. The van der Waals surface area contributed by atoms with E-state index in [0.717, 1.165) is 17.7 Å². The van der Waals surface area contributed by atoms with Crippen LogP contribution in [0, 0.1) is 0 Å². The van der Waals surface area contributed by atoms with Crippen LogP contribution < -0.4 is 11.1 Å². The van der Waals surface area contributed by atoms with E-state index < -0.39 is 0 Å². The average molecular weight is 306 g/mol. The molecule has 1 aliphatic carbocycles. The Kier molecular flexibility index (Phi) is 6.58. The summed E-state index contributed by atoms with van der Waals surface area (Å²) in [6.07, 6.45) is 4.79. The highest BCUT2D eigenvalue weighted by atomic mass is 32.2. The van der Waals surface area contributed by atoms with Crippen LogP contribution in [-0.2, 0) is 4.79 Å². The van der Waals surface area contributed by atoms with Gasteiger partial charge in [0.2, 0.25) is 5.91 Å². The van der Waals surface area contributed by atoms with E-state index in [1.165, 1.54) is 12.8 Å². The molecule has 21 heavy (non-hydrogen) atoms. The molecule has 4 heteroatoms. The predicted octanol–water partition coefficient (Wildman–Crippen LogP) is 3.26. The SMILES string of the molecule is CCSC1CCCC1NC(=O)CCC(N)c1ccccc1. The van der Waals surface area contributed by atoms with Crippen LogP contribution in [0.3, 0.4) is 0 Å². The summed E-state index contributed by atoms with van der Waals surface area (Å²) < 4.78 is 0. The van der Waals surface area contributed by atoms with Crippen molar-refractivity contribution in [3.63, 3.8) is 0 Å². The summed E-state index contributed by atoms with van der Waals surface area (Å²) in [6.45, 7) is 2.18. The van der Waals surface area contributed by atoms with Crippen molar-refractivity contribution >= 4 is 17.7 Å². The second-order valence-corrected chi connectivity index (χ2v) is 7.17. The largest absolute Gasteiger partial charge is 0.352 e. The summed E-state index contributed by atoms with van der Waals surface area (Å²) in [6, 6.07) is 10.3. The van der Waals surface area contributed by atoms with E-state index in [9.17, 15) is 4.79 Å². The van der Waals surface area contributed by atoms with Gasteiger partial charge in [0, 0.05) is 23.8 Å².